The topological polar surface area (TPSA) is 149 Å². The van der Waals surface area contributed by atoms with E-state index in [-0.39, 0.29) is 59.1 Å². The molecule has 0 aliphatic rings. The molecule has 4 N–H and O–H groups in total. The first kappa shape index (κ1) is 29.8. The molecule has 0 saturated heterocycles. The summed E-state index contributed by atoms with van der Waals surface area (Å²) in [5.41, 5.74) is 9.07. The van der Waals surface area contributed by atoms with Crippen LogP contribution in [0.2, 0.25) is 0 Å². The van der Waals surface area contributed by atoms with E-state index >= 15 is 0 Å². The summed E-state index contributed by atoms with van der Waals surface area (Å²) in [7, 11) is -3.63. The first-order chi connectivity index (χ1) is 6.27. The number of hydrogen-bond donors (Lipinski definition) is 2. The molecule has 0 aromatic carbocycles. The first-order valence-corrected chi connectivity index (χ1v) is 4.22. The second kappa shape index (κ2) is 24.3. The van der Waals surface area contributed by atoms with Crippen molar-refractivity contribution in [2.24, 2.45) is 11.5 Å². The smallest absolute Gasteiger partial charge is 0.672 e. The van der Waals surface area contributed by atoms with Gasteiger partial charge < -0.3 is 25.5 Å². The molecule has 2 amide bonds. The maximum Gasteiger partial charge on any atom is 1.00 e. The summed E-state index contributed by atoms with van der Waals surface area (Å²) < 4.78 is 8.52. The van der Waals surface area contributed by atoms with Gasteiger partial charge in [0.15, 0.2) is 0 Å². The predicted octanol–water partition coefficient (Wildman–Crippen LogP) is -9.55. The molecule has 80 valence electrons. The van der Waals surface area contributed by atoms with Crippen LogP contribution >= 0.6 is 0 Å². The van der Waals surface area contributed by atoms with Gasteiger partial charge in [0.1, 0.15) is 0 Å². The van der Waals surface area contributed by atoms with Gasteiger partial charge in [0.2, 0.25) is 11.8 Å². The zero-order valence-corrected chi connectivity index (χ0v) is 14.3. The number of carbonyl (C=O) groups is 2. The molecule has 7 nitrogen and oxygen atoms in total. The van der Waals surface area contributed by atoms with Crippen molar-refractivity contribution < 1.29 is 82.8 Å². The normalized spacial score (nSPS) is 5.50. The number of nitrogens with two attached hydrogens (primary N) is 2. The Labute approximate surface area is 139 Å². The van der Waals surface area contributed by atoms with Crippen LogP contribution in [0, 0.1) is 0 Å². The van der Waals surface area contributed by atoms with Gasteiger partial charge in [0.05, 0.1) is 0 Å². The van der Waals surface area contributed by atoms with Crippen molar-refractivity contribution >= 4 is 21.0 Å². The van der Waals surface area contributed by atoms with E-state index < -0.39 is 21.0 Å². The Balaban J connectivity index is -0.0000000358. The third kappa shape index (κ3) is 146. The summed E-state index contributed by atoms with van der Waals surface area (Å²) in [6, 6.07) is 0. The fourth-order valence-electron chi connectivity index (χ4n) is 0. The molecular formula is C6H10N2Na2O5Si. The molecular weight excluding hydrogens is 254 g/mol. The summed E-state index contributed by atoms with van der Waals surface area (Å²) in [6.45, 7) is 6.17. The van der Waals surface area contributed by atoms with E-state index in [0.717, 1.165) is 12.2 Å². The third-order valence-corrected chi connectivity index (χ3v) is 0.402. The summed E-state index contributed by atoms with van der Waals surface area (Å²) in [5.74, 6) is -0.963. The summed E-state index contributed by atoms with van der Waals surface area (Å²) in [6.07, 6.45) is 2.11. The second-order valence-electron chi connectivity index (χ2n) is 1.46. The third-order valence-electron chi connectivity index (χ3n) is 0.402. The van der Waals surface area contributed by atoms with Crippen LogP contribution in [0.3, 0.4) is 0 Å². The number of rotatable bonds is 2. The van der Waals surface area contributed by atoms with Crippen LogP contribution in [0.15, 0.2) is 25.3 Å². The van der Waals surface area contributed by atoms with Gasteiger partial charge in [-0.25, -0.2) is 0 Å². The Kier molecular flexibility index (Phi) is 45.3. The van der Waals surface area contributed by atoms with Crippen LogP contribution in [0.1, 0.15) is 0 Å². The molecule has 0 atom stereocenters. The van der Waals surface area contributed by atoms with Gasteiger partial charge in [0.25, 0.3) is 0 Å². The van der Waals surface area contributed by atoms with Crippen molar-refractivity contribution in [3.05, 3.63) is 25.3 Å². The van der Waals surface area contributed by atoms with Crippen molar-refractivity contribution in [2.75, 3.05) is 0 Å². The molecule has 0 aliphatic carbocycles. The largest absolute Gasteiger partial charge is 1.00 e. The summed E-state index contributed by atoms with van der Waals surface area (Å²) in [4.78, 5) is 36.0. The molecule has 0 rings (SSSR count). The minimum absolute atomic E-state index is 0. The van der Waals surface area contributed by atoms with Crippen molar-refractivity contribution in [1.82, 2.24) is 0 Å². The fourth-order valence-corrected chi connectivity index (χ4v) is 0. The Bertz CT molecular complexity index is 215. The van der Waals surface area contributed by atoms with E-state index in [2.05, 4.69) is 24.6 Å². The first-order valence-electron chi connectivity index (χ1n) is 2.99. The molecule has 0 saturated carbocycles. The maximum atomic E-state index is 9.47. The van der Waals surface area contributed by atoms with E-state index in [1.54, 1.807) is 0 Å². The Morgan fingerprint density at radius 3 is 1.06 bits per heavy atom. The Morgan fingerprint density at radius 1 is 1.00 bits per heavy atom. The zero-order chi connectivity index (χ0) is 12.1. The molecule has 10 heteroatoms. The van der Waals surface area contributed by atoms with Gasteiger partial charge in [-0.2, -0.15) is 0 Å². The van der Waals surface area contributed by atoms with Crippen molar-refractivity contribution in [3.63, 3.8) is 0 Å². The van der Waals surface area contributed by atoms with E-state index in [4.69, 9.17) is 14.1 Å². The molecule has 0 aliphatic heterocycles. The number of carbonyl (C=O) groups excluding carboxylic acids is 2. The van der Waals surface area contributed by atoms with Crippen LogP contribution in [-0.2, 0) is 14.1 Å². The minimum Gasteiger partial charge on any atom is -0.672 e. The second-order valence-corrected chi connectivity index (χ2v) is 1.96. The average Bonchev–Trinajstić information content (AvgIpc) is 2.04. The fraction of sp³-hybridized carbons (Fsp3) is 0. The summed E-state index contributed by atoms with van der Waals surface area (Å²) in [5, 5.41) is 0. The standard InChI is InChI=1S/2C3H5NO.2Na.O3Si/c2*1-2-3(4)5;;;1-4(2)3/h2*2H,1H2,(H2,4,5);;;/q;;2*+1;-2. The Morgan fingerprint density at radius 2 is 1.06 bits per heavy atom. The van der Waals surface area contributed by atoms with Crippen molar-refractivity contribution in [1.29, 1.82) is 0 Å². The quantitative estimate of drug-likeness (QED) is 0.375. The van der Waals surface area contributed by atoms with Gasteiger partial charge in [-0.1, -0.05) is 13.2 Å². The van der Waals surface area contributed by atoms with Gasteiger partial charge in [0, 0.05) is 9.17 Å². The monoisotopic (exact) mass is 264 g/mol. The van der Waals surface area contributed by atoms with Gasteiger partial charge in [-0.15, -0.1) is 0 Å². The minimum atomic E-state index is -3.63. The number of amides is 2. The molecule has 0 aromatic heterocycles. The van der Waals surface area contributed by atoms with Crippen molar-refractivity contribution in [2.45, 2.75) is 0 Å². The van der Waals surface area contributed by atoms with Crippen LogP contribution < -0.4 is 80.2 Å². The molecule has 0 bridgehead atoms. The molecule has 0 unspecified atom stereocenters. The zero-order valence-electron chi connectivity index (χ0n) is 9.26. The van der Waals surface area contributed by atoms with Gasteiger partial charge >= 0.3 is 59.1 Å². The maximum absolute atomic E-state index is 9.47. The van der Waals surface area contributed by atoms with E-state index in [9.17, 15) is 9.59 Å². The number of primary amides is 2. The van der Waals surface area contributed by atoms with Crippen molar-refractivity contribution in [3.8, 4) is 0 Å². The van der Waals surface area contributed by atoms with E-state index in [0.29, 0.717) is 0 Å². The Hall–Kier alpha value is 0.0369. The summed E-state index contributed by atoms with van der Waals surface area (Å²) >= 11 is 0. The molecule has 0 radical (unpaired) electrons. The van der Waals surface area contributed by atoms with Gasteiger partial charge in [-0.05, 0) is 12.2 Å². The van der Waals surface area contributed by atoms with Crippen LogP contribution in [0.4, 0.5) is 0 Å². The molecule has 0 heterocycles. The van der Waals surface area contributed by atoms with Crippen LogP contribution in [0.5, 0.6) is 0 Å². The van der Waals surface area contributed by atoms with Crippen LogP contribution in [0.25, 0.3) is 0 Å². The molecule has 16 heavy (non-hydrogen) atoms. The van der Waals surface area contributed by atoms with E-state index in [1.165, 1.54) is 0 Å². The average molecular weight is 264 g/mol. The van der Waals surface area contributed by atoms with E-state index in [1.807, 2.05) is 0 Å². The molecule has 0 spiro atoms. The molecule has 0 fully saturated rings. The number of hydrogen-bond acceptors (Lipinski definition) is 5. The predicted molar refractivity (Wildman–Crippen MR) is 45.2 cm³/mol. The SMILES string of the molecule is C=CC(N)=O.C=CC(N)=O.O=[Si]([O-])[O-].[Na+].[Na+]. The van der Waals surface area contributed by atoms with Crippen LogP contribution in [-0.4, -0.2) is 21.0 Å². The molecule has 0 aromatic rings. The van der Waals surface area contributed by atoms with Gasteiger partial charge in [-0.3, -0.25) is 9.59 Å².